The molecule has 2 aliphatic rings. The molecule has 0 atom stereocenters. The molecule has 0 saturated carbocycles. The van der Waals surface area contributed by atoms with E-state index in [0.29, 0.717) is 28.0 Å². The summed E-state index contributed by atoms with van der Waals surface area (Å²) in [4.78, 5) is 25.7. The zero-order chi connectivity index (χ0) is 24.6. The maximum Gasteiger partial charge on any atom is 0.287 e. The fourth-order valence-electron chi connectivity index (χ4n) is 4.12. The van der Waals surface area contributed by atoms with Gasteiger partial charge in [0.2, 0.25) is 0 Å². The highest BCUT2D eigenvalue weighted by Gasteiger charge is 2.20. The summed E-state index contributed by atoms with van der Waals surface area (Å²) in [6, 6.07) is 9.80. The Bertz CT molecular complexity index is 1620. The largest absolute Gasteiger partial charge is 0.334 e. The van der Waals surface area contributed by atoms with E-state index in [-0.39, 0.29) is 17.3 Å². The molecule has 4 aromatic rings. The van der Waals surface area contributed by atoms with Gasteiger partial charge in [0, 0.05) is 35.4 Å². The van der Waals surface area contributed by atoms with E-state index in [0.717, 1.165) is 35.7 Å². The Balaban J connectivity index is 1.24. The summed E-state index contributed by atoms with van der Waals surface area (Å²) in [6.45, 7) is 1.71. The third kappa shape index (κ3) is 4.34. The molecule has 1 amide bonds. The van der Waals surface area contributed by atoms with Crippen molar-refractivity contribution in [2.75, 3.05) is 23.7 Å². The van der Waals surface area contributed by atoms with Gasteiger partial charge in [-0.15, -0.1) is 11.3 Å². The van der Waals surface area contributed by atoms with Gasteiger partial charge in [0.05, 0.1) is 22.3 Å². The van der Waals surface area contributed by atoms with Gasteiger partial charge in [-0.25, -0.2) is 9.49 Å². The summed E-state index contributed by atoms with van der Waals surface area (Å²) in [7, 11) is 0. The second-order valence-corrected chi connectivity index (χ2v) is 9.76. The number of nitrogens with zero attached hydrogens (tertiary/aromatic N) is 3. The second-order valence-electron chi connectivity index (χ2n) is 8.68. The van der Waals surface area contributed by atoms with E-state index < -0.39 is 11.4 Å². The number of halogens is 1. The van der Waals surface area contributed by atoms with Gasteiger partial charge in [-0.05, 0) is 48.4 Å². The quantitative estimate of drug-likeness (QED) is 0.321. The maximum absolute atomic E-state index is 14.6. The van der Waals surface area contributed by atoms with Crippen molar-refractivity contribution in [1.29, 1.82) is 0 Å². The molecule has 1 aromatic carbocycles. The van der Waals surface area contributed by atoms with Crippen molar-refractivity contribution in [3.05, 3.63) is 73.4 Å². The van der Waals surface area contributed by atoms with Crippen LogP contribution in [0.4, 0.5) is 21.6 Å². The number of hydrogen-bond donors (Lipinski definition) is 4. The van der Waals surface area contributed by atoms with Gasteiger partial charge in [-0.1, -0.05) is 12.2 Å². The zero-order valence-corrected chi connectivity index (χ0v) is 19.9. The Morgan fingerprint density at radius 1 is 1.11 bits per heavy atom. The van der Waals surface area contributed by atoms with Gasteiger partial charge < -0.3 is 16.0 Å². The van der Waals surface area contributed by atoms with Crippen molar-refractivity contribution in [3.8, 4) is 11.3 Å². The fourth-order valence-corrected chi connectivity index (χ4v) is 5.15. The summed E-state index contributed by atoms with van der Waals surface area (Å²) in [5, 5.41) is 21.0. The molecule has 11 heteroatoms. The average molecular weight is 504 g/mol. The first-order valence-corrected chi connectivity index (χ1v) is 12.4. The van der Waals surface area contributed by atoms with Crippen molar-refractivity contribution >= 4 is 46.6 Å². The number of anilines is 3. The van der Waals surface area contributed by atoms with Crippen molar-refractivity contribution in [1.82, 2.24) is 25.3 Å². The smallest absolute Gasteiger partial charge is 0.287 e. The summed E-state index contributed by atoms with van der Waals surface area (Å²) in [5.41, 5.74) is 0.815. The lowest BCUT2D eigenvalue weighted by molar-refractivity contribution is 0.103. The predicted molar refractivity (Wildman–Crippen MR) is 137 cm³/mol. The molecule has 4 N–H and O–H groups in total. The Morgan fingerprint density at radius 2 is 1.97 bits per heavy atom. The molecule has 36 heavy (non-hydrogen) atoms. The summed E-state index contributed by atoms with van der Waals surface area (Å²) < 4.78 is 17.5. The minimum Gasteiger partial charge on any atom is -0.334 e. The minimum absolute atomic E-state index is 0.0344. The lowest BCUT2D eigenvalue weighted by Gasteiger charge is -2.27. The molecule has 3 aromatic heterocycles. The van der Waals surface area contributed by atoms with E-state index in [1.54, 1.807) is 18.2 Å². The van der Waals surface area contributed by atoms with Crippen LogP contribution in [0.5, 0.6) is 0 Å². The molecule has 182 valence electrons. The van der Waals surface area contributed by atoms with Crippen LogP contribution < -0.4 is 31.3 Å². The zero-order valence-electron chi connectivity index (χ0n) is 19.0. The Kier molecular flexibility index (Phi) is 5.70. The first-order chi connectivity index (χ1) is 17.5. The van der Waals surface area contributed by atoms with E-state index in [4.69, 9.17) is 0 Å². The van der Waals surface area contributed by atoms with Crippen LogP contribution in [0.3, 0.4) is 0 Å². The molecule has 9 nitrogen and oxygen atoms in total. The molecule has 6 rings (SSSR count). The molecular weight excluding hydrogens is 481 g/mol. The number of fused-ring (bicyclic) bond motifs is 1. The highest BCUT2D eigenvalue weighted by molar-refractivity contribution is 7.12. The molecule has 0 unspecified atom stereocenters. The van der Waals surface area contributed by atoms with Gasteiger partial charge in [0.1, 0.15) is 11.5 Å². The molecule has 0 spiro atoms. The van der Waals surface area contributed by atoms with E-state index in [1.165, 1.54) is 23.5 Å². The minimum atomic E-state index is -0.564. The van der Waals surface area contributed by atoms with E-state index in [9.17, 15) is 14.0 Å². The molecule has 0 radical (unpaired) electrons. The number of aromatic amines is 1. The Morgan fingerprint density at radius 3 is 2.78 bits per heavy atom. The molecule has 1 aliphatic carbocycles. The average Bonchev–Trinajstić information content (AvgIpc) is 3.48. The van der Waals surface area contributed by atoms with Gasteiger partial charge in [-0.2, -0.15) is 10.2 Å². The van der Waals surface area contributed by atoms with Crippen LogP contribution in [0.15, 0.2) is 47.4 Å². The van der Waals surface area contributed by atoms with Crippen molar-refractivity contribution < 1.29 is 9.18 Å². The van der Waals surface area contributed by atoms with Gasteiger partial charge in [0.25, 0.3) is 11.5 Å². The van der Waals surface area contributed by atoms with Crippen molar-refractivity contribution in [2.24, 2.45) is 0 Å². The van der Waals surface area contributed by atoms with Crippen LogP contribution in [-0.2, 0) is 0 Å². The van der Waals surface area contributed by atoms with Gasteiger partial charge >= 0.3 is 0 Å². The number of amides is 1. The second kappa shape index (κ2) is 9.17. The number of carbonyl (C=O) groups is 1. The van der Waals surface area contributed by atoms with E-state index >= 15 is 0 Å². The monoisotopic (exact) mass is 503 g/mol. The molecule has 1 aliphatic heterocycles. The number of benzene rings is 1. The third-order valence-electron chi connectivity index (χ3n) is 6.19. The highest BCUT2D eigenvalue weighted by Crippen LogP contribution is 2.25. The first-order valence-electron chi connectivity index (χ1n) is 11.6. The number of H-pyrrole nitrogens is 1. The Labute approximate surface area is 208 Å². The molecule has 1 fully saturated rings. The first kappa shape index (κ1) is 22.4. The maximum atomic E-state index is 14.6. The van der Waals surface area contributed by atoms with Crippen LogP contribution in [0.25, 0.3) is 23.4 Å². The van der Waals surface area contributed by atoms with Gasteiger partial charge in [0.15, 0.2) is 5.82 Å². The summed E-state index contributed by atoms with van der Waals surface area (Å²) >= 11 is 1.39. The number of rotatable bonds is 6. The SMILES string of the molecule is O=C(Nc1cc(-c2cc(Nc3ccn(C4CNC4)n3)c(=O)[nH]n2)ccc1F)c1cc2c(s1)=CCCC=2. The topological polar surface area (TPSA) is 117 Å². The van der Waals surface area contributed by atoms with E-state index in [2.05, 4.69) is 43.4 Å². The number of aromatic nitrogens is 4. The molecule has 1 saturated heterocycles. The number of carbonyl (C=O) groups excluding carboxylic acids is 1. The lowest BCUT2D eigenvalue weighted by Crippen LogP contribution is -2.43. The van der Waals surface area contributed by atoms with Gasteiger partial charge in [-0.3, -0.25) is 14.3 Å². The summed E-state index contributed by atoms with van der Waals surface area (Å²) in [5.74, 6) is -0.406. The van der Waals surface area contributed by atoms with Crippen molar-refractivity contribution in [3.63, 3.8) is 0 Å². The molecule has 0 bridgehead atoms. The normalized spacial score (nSPS) is 14.8. The van der Waals surface area contributed by atoms with Crippen LogP contribution in [-0.4, -0.2) is 39.0 Å². The number of thiophene rings is 1. The Hall–Kier alpha value is -4.09. The van der Waals surface area contributed by atoms with Crippen LogP contribution in [0.1, 0.15) is 28.6 Å². The van der Waals surface area contributed by atoms with Crippen LogP contribution in [0, 0.1) is 5.82 Å². The predicted octanol–water partition coefficient (Wildman–Crippen LogP) is 2.33. The molecular formula is C25H22FN7O2S. The van der Waals surface area contributed by atoms with Crippen LogP contribution >= 0.6 is 11.3 Å². The number of hydrogen-bond acceptors (Lipinski definition) is 7. The lowest BCUT2D eigenvalue weighted by atomic mass is 10.1. The highest BCUT2D eigenvalue weighted by atomic mass is 32.1. The third-order valence-corrected chi connectivity index (χ3v) is 7.34. The standard InChI is InChI=1S/C25H22FN7O2S/c26-17-6-5-14(9-19(17)29-25(35)22-10-15-3-1-2-4-21(15)36-22)18-11-20(24(34)31-30-18)28-23-7-8-33(32-23)16-12-27-13-16/h3-11,16,27H,1-2,12-13H2,(H,29,35)(H,31,34)(H,28,30,32). The molecule has 4 heterocycles. The summed E-state index contributed by atoms with van der Waals surface area (Å²) in [6.07, 6.45) is 7.98. The fraction of sp³-hybridized carbons (Fsp3) is 0.200. The van der Waals surface area contributed by atoms with E-state index in [1.807, 2.05) is 16.9 Å². The number of nitrogens with one attached hydrogen (secondary N) is 4. The van der Waals surface area contributed by atoms with Crippen molar-refractivity contribution in [2.45, 2.75) is 18.9 Å². The van der Waals surface area contributed by atoms with Crippen LogP contribution in [0.2, 0.25) is 0 Å².